The van der Waals surface area contributed by atoms with Gasteiger partial charge in [0.1, 0.15) is 0 Å². The van der Waals surface area contributed by atoms with Crippen molar-refractivity contribution in [1.29, 1.82) is 0 Å². The number of hydrogen-bond acceptors (Lipinski definition) is 2. The molecule has 2 atom stereocenters. The van der Waals surface area contributed by atoms with Gasteiger partial charge >= 0.3 is 0 Å². The molecule has 0 aromatic heterocycles. The lowest BCUT2D eigenvalue weighted by Crippen LogP contribution is -2.25. The number of hydrogen-bond donors (Lipinski definition) is 0. The summed E-state index contributed by atoms with van der Waals surface area (Å²) in [5, 5.41) is 0. The second-order valence-corrected chi connectivity index (χ2v) is 6.43. The van der Waals surface area contributed by atoms with Crippen LogP contribution in [-0.4, -0.2) is 6.79 Å². The molecule has 2 aliphatic rings. The predicted molar refractivity (Wildman–Crippen MR) is 89.2 cm³/mol. The third kappa shape index (κ3) is 3.09. The summed E-state index contributed by atoms with van der Waals surface area (Å²) in [6, 6.07) is 4.28. The standard InChI is InChI=1S/C20H26O2/c1-3-5-7-9-15-12-17-10-11-19-20(22-14-21-19)18(17)13-16(15)8-6-4-2/h10-11,15-16H,3-6,8,12-14H2,1-2H3/t15-,16?/m1/s1. The molecule has 1 aliphatic carbocycles. The zero-order valence-electron chi connectivity index (χ0n) is 13.8. The van der Waals surface area contributed by atoms with Crippen molar-refractivity contribution in [3.8, 4) is 23.3 Å². The van der Waals surface area contributed by atoms with E-state index in [0.717, 1.165) is 37.2 Å². The van der Waals surface area contributed by atoms with Gasteiger partial charge in [-0.15, -0.1) is 5.92 Å². The van der Waals surface area contributed by atoms with Crippen LogP contribution in [0.15, 0.2) is 12.1 Å². The summed E-state index contributed by atoms with van der Waals surface area (Å²) >= 11 is 0. The molecule has 1 aromatic carbocycles. The number of unbranched alkanes of at least 4 members (excludes halogenated alkanes) is 2. The van der Waals surface area contributed by atoms with Crippen LogP contribution in [-0.2, 0) is 12.8 Å². The lowest BCUT2D eigenvalue weighted by atomic mass is 9.73. The van der Waals surface area contributed by atoms with E-state index in [1.54, 1.807) is 0 Å². The minimum Gasteiger partial charge on any atom is -0.454 e. The van der Waals surface area contributed by atoms with Gasteiger partial charge in [0.05, 0.1) is 0 Å². The average Bonchev–Trinajstić information content (AvgIpc) is 3.02. The van der Waals surface area contributed by atoms with Crippen LogP contribution in [0.3, 0.4) is 0 Å². The molecule has 0 N–H and O–H groups in total. The molecule has 0 fully saturated rings. The molecule has 3 rings (SSSR count). The van der Waals surface area contributed by atoms with E-state index >= 15 is 0 Å². The Morgan fingerprint density at radius 3 is 2.86 bits per heavy atom. The van der Waals surface area contributed by atoms with E-state index in [2.05, 4.69) is 37.8 Å². The summed E-state index contributed by atoms with van der Waals surface area (Å²) < 4.78 is 11.3. The van der Waals surface area contributed by atoms with Crippen LogP contribution in [0, 0.1) is 23.7 Å². The van der Waals surface area contributed by atoms with Gasteiger partial charge in [0.2, 0.25) is 6.79 Å². The maximum absolute atomic E-state index is 5.73. The summed E-state index contributed by atoms with van der Waals surface area (Å²) in [5.41, 5.74) is 2.79. The molecule has 1 aromatic rings. The van der Waals surface area contributed by atoms with Crippen molar-refractivity contribution in [2.45, 2.75) is 58.8 Å². The fourth-order valence-electron chi connectivity index (χ4n) is 3.56. The lowest BCUT2D eigenvalue weighted by molar-refractivity contribution is 0.172. The Hall–Kier alpha value is -1.62. The monoisotopic (exact) mass is 298 g/mol. The maximum Gasteiger partial charge on any atom is 0.231 e. The number of benzene rings is 1. The highest BCUT2D eigenvalue weighted by Crippen LogP contribution is 2.44. The normalized spacial score (nSPS) is 21.9. The molecule has 0 bridgehead atoms. The highest BCUT2D eigenvalue weighted by atomic mass is 16.7. The molecule has 2 heteroatoms. The van der Waals surface area contributed by atoms with Crippen LogP contribution in [0.4, 0.5) is 0 Å². The van der Waals surface area contributed by atoms with Gasteiger partial charge in [-0.25, -0.2) is 0 Å². The molecule has 0 radical (unpaired) electrons. The van der Waals surface area contributed by atoms with Crippen molar-refractivity contribution in [3.05, 3.63) is 23.3 Å². The first-order chi connectivity index (χ1) is 10.8. The molecule has 0 saturated carbocycles. The van der Waals surface area contributed by atoms with Gasteiger partial charge in [-0.3, -0.25) is 0 Å². The predicted octanol–water partition coefficient (Wildman–Crippen LogP) is 4.74. The summed E-state index contributed by atoms with van der Waals surface area (Å²) in [7, 11) is 0. The Kier molecular flexibility index (Phi) is 4.93. The minimum absolute atomic E-state index is 0.366. The second-order valence-electron chi connectivity index (χ2n) is 6.43. The molecule has 1 unspecified atom stereocenters. The molecule has 2 nitrogen and oxygen atoms in total. The van der Waals surface area contributed by atoms with Gasteiger partial charge in [0.25, 0.3) is 0 Å². The van der Waals surface area contributed by atoms with Gasteiger partial charge in [0, 0.05) is 17.9 Å². The molecule has 0 saturated heterocycles. The molecule has 1 heterocycles. The topological polar surface area (TPSA) is 18.5 Å². The second kappa shape index (κ2) is 7.09. The number of ether oxygens (including phenoxy) is 2. The summed E-state index contributed by atoms with van der Waals surface area (Å²) in [5.74, 6) is 10.0. The smallest absolute Gasteiger partial charge is 0.231 e. The van der Waals surface area contributed by atoms with Crippen LogP contribution in [0.5, 0.6) is 11.5 Å². The third-order valence-electron chi connectivity index (χ3n) is 4.81. The maximum atomic E-state index is 5.73. The summed E-state index contributed by atoms with van der Waals surface area (Å²) in [6.45, 7) is 4.83. The van der Waals surface area contributed by atoms with Crippen LogP contribution in [0.25, 0.3) is 0 Å². The first-order valence-electron chi connectivity index (χ1n) is 8.72. The van der Waals surface area contributed by atoms with E-state index in [0.29, 0.717) is 18.6 Å². The Morgan fingerprint density at radius 1 is 1.14 bits per heavy atom. The van der Waals surface area contributed by atoms with Gasteiger partial charge in [-0.1, -0.05) is 38.7 Å². The molecular formula is C20H26O2. The van der Waals surface area contributed by atoms with Crippen molar-refractivity contribution in [1.82, 2.24) is 0 Å². The minimum atomic E-state index is 0.366. The Morgan fingerprint density at radius 2 is 2.05 bits per heavy atom. The van der Waals surface area contributed by atoms with E-state index in [-0.39, 0.29) is 0 Å². The fourth-order valence-corrected chi connectivity index (χ4v) is 3.56. The van der Waals surface area contributed by atoms with Gasteiger partial charge in [-0.2, -0.15) is 0 Å². The van der Waals surface area contributed by atoms with Crippen molar-refractivity contribution in [2.24, 2.45) is 11.8 Å². The molecule has 0 spiro atoms. The van der Waals surface area contributed by atoms with Gasteiger partial charge < -0.3 is 9.47 Å². The number of rotatable bonds is 4. The Bertz CT molecular complexity index is 579. The van der Waals surface area contributed by atoms with Crippen molar-refractivity contribution >= 4 is 0 Å². The van der Waals surface area contributed by atoms with E-state index < -0.39 is 0 Å². The van der Waals surface area contributed by atoms with Crippen LogP contribution >= 0.6 is 0 Å². The van der Waals surface area contributed by atoms with Crippen molar-refractivity contribution in [3.63, 3.8) is 0 Å². The van der Waals surface area contributed by atoms with Gasteiger partial charge in [0.15, 0.2) is 11.5 Å². The zero-order valence-corrected chi connectivity index (χ0v) is 13.8. The third-order valence-corrected chi connectivity index (χ3v) is 4.81. The SMILES string of the molecule is CCCC#C[C@@H]1Cc2ccc3c(c2CC1CCCC)OCO3. The first-order valence-corrected chi connectivity index (χ1v) is 8.72. The molecule has 22 heavy (non-hydrogen) atoms. The largest absolute Gasteiger partial charge is 0.454 e. The van der Waals surface area contributed by atoms with Crippen LogP contribution in [0.2, 0.25) is 0 Å². The molecule has 1 aliphatic heterocycles. The average molecular weight is 298 g/mol. The van der Waals surface area contributed by atoms with Crippen molar-refractivity contribution < 1.29 is 9.47 Å². The first kappa shape index (κ1) is 15.3. The quantitative estimate of drug-likeness (QED) is 0.747. The van der Waals surface area contributed by atoms with Crippen molar-refractivity contribution in [2.75, 3.05) is 6.79 Å². The van der Waals surface area contributed by atoms with Crippen LogP contribution < -0.4 is 9.47 Å². The van der Waals surface area contributed by atoms with E-state index in [1.807, 2.05) is 0 Å². The molecule has 118 valence electrons. The van der Waals surface area contributed by atoms with Crippen LogP contribution in [0.1, 0.15) is 57.1 Å². The fraction of sp³-hybridized carbons (Fsp3) is 0.600. The highest BCUT2D eigenvalue weighted by molar-refractivity contribution is 5.53. The number of fused-ring (bicyclic) bond motifs is 3. The summed E-state index contributed by atoms with van der Waals surface area (Å²) in [4.78, 5) is 0. The molecule has 0 amide bonds. The van der Waals surface area contributed by atoms with E-state index in [4.69, 9.17) is 9.47 Å². The Balaban J connectivity index is 1.85. The van der Waals surface area contributed by atoms with E-state index in [9.17, 15) is 0 Å². The van der Waals surface area contributed by atoms with E-state index in [1.165, 1.54) is 30.4 Å². The Labute approximate surface area is 134 Å². The summed E-state index contributed by atoms with van der Waals surface area (Å²) in [6.07, 6.45) is 8.14. The van der Waals surface area contributed by atoms with Gasteiger partial charge in [-0.05, 0) is 43.2 Å². The zero-order chi connectivity index (χ0) is 15.4. The molecular weight excluding hydrogens is 272 g/mol. The lowest BCUT2D eigenvalue weighted by Gasteiger charge is -2.30. The highest BCUT2D eigenvalue weighted by Gasteiger charge is 2.31.